The van der Waals surface area contributed by atoms with E-state index in [0.717, 1.165) is 18.3 Å². The molecule has 6 nitrogen and oxygen atoms in total. The van der Waals surface area contributed by atoms with E-state index in [2.05, 4.69) is 25.8 Å². The lowest BCUT2D eigenvalue weighted by molar-refractivity contribution is -0.120. The van der Waals surface area contributed by atoms with Crippen molar-refractivity contribution in [3.8, 4) is 0 Å². The van der Waals surface area contributed by atoms with Gasteiger partial charge < -0.3 is 10.6 Å². The van der Waals surface area contributed by atoms with Crippen LogP contribution in [0.3, 0.4) is 0 Å². The van der Waals surface area contributed by atoms with E-state index in [4.69, 9.17) is 0 Å². The molecule has 2 rings (SSSR count). The molecule has 1 aliphatic rings. The average molecular weight is 223 g/mol. The van der Waals surface area contributed by atoms with Crippen LogP contribution in [-0.4, -0.2) is 40.7 Å². The van der Waals surface area contributed by atoms with Crippen LogP contribution < -0.4 is 10.6 Å². The van der Waals surface area contributed by atoms with Crippen molar-refractivity contribution in [3.63, 3.8) is 0 Å². The van der Waals surface area contributed by atoms with E-state index in [1.54, 1.807) is 0 Å². The minimum absolute atomic E-state index is 0.0418. The summed E-state index contributed by atoms with van der Waals surface area (Å²) in [5.74, 6) is 1.65. The predicted octanol–water partition coefficient (Wildman–Crippen LogP) is -0.537. The summed E-state index contributed by atoms with van der Waals surface area (Å²) in [6.45, 7) is 1.97. The van der Waals surface area contributed by atoms with Crippen molar-refractivity contribution in [1.82, 2.24) is 25.8 Å². The van der Waals surface area contributed by atoms with E-state index in [1.165, 1.54) is 19.2 Å². The lowest BCUT2D eigenvalue weighted by Crippen LogP contribution is -2.35. The van der Waals surface area contributed by atoms with Crippen LogP contribution in [0.2, 0.25) is 0 Å². The van der Waals surface area contributed by atoms with Gasteiger partial charge >= 0.3 is 0 Å². The molecule has 0 aromatic carbocycles. The number of hydrogen-bond donors (Lipinski definition) is 3. The van der Waals surface area contributed by atoms with Gasteiger partial charge in [0.25, 0.3) is 0 Å². The second-order valence-electron chi connectivity index (χ2n) is 4.11. The monoisotopic (exact) mass is 223 g/mol. The predicted molar refractivity (Wildman–Crippen MR) is 58.7 cm³/mol. The van der Waals surface area contributed by atoms with Crippen molar-refractivity contribution >= 4 is 5.91 Å². The topological polar surface area (TPSA) is 82.7 Å². The molecule has 0 radical (unpaired) electrons. The fraction of sp³-hybridized carbons (Fsp3) is 0.700. The summed E-state index contributed by atoms with van der Waals surface area (Å²) < 4.78 is 0. The van der Waals surface area contributed by atoms with Crippen molar-refractivity contribution < 1.29 is 4.79 Å². The molecule has 1 aliphatic carbocycles. The van der Waals surface area contributed by atoms with Crippen molar-refractivity contribution in [3.05, 3.63) is 12.2 Å². The minimum atomic E-state index is 0.0418. The van der Waals surface area contributed by atoms with Crippen LogP contribution >= 0.6 is 0 Å². The Labute approximate surface area is 94.2 Å². The smallest absolute Gasteiger partial charge is 0.233 e. The number of nitrogens with zero attached hydrogens (tertiary/aromatic N) is 2. The number of H-pyrrole nitrogens is 1. The van der Waals surface area contributed by atoms with Crippen molar-refractivity contribution in [2.75, 3.05) is 19.6 Å². The van der Waals surface area contributed by atoms with Gasteiger partial charge in [-0.3, -0.25) is 9.89 Å². The van der Waals surface area contributed by atoms with Gasteiger partial charge in [0.2, 0.25) is 5.91 Å². The van der Waals surface area contributed by atoms with Gasteiger partial charge in [-0.1, -0.05) is 0 Å². The Morgan fingerprint density at radius 2 is 2.44 bits per heavy atom. The third-order valence-electron chi connectivity index (χ3n) is 2.56. The molecule has 0 saturated heterocycles. The van der Waals surface area contributed by atoms with E-state index < -0.39 is 0 Å². The Bertz CT molecular complexity index is 320. The summed E-state index contributed by atoms with van der Waals surface area (Å²) in [6, 6.07) is 0. The zero-order valence-corrected chi connectivity index (χ0v) is 9.20. The van der Waals surface area contributed by atoms with E-state index in [0.29, 0.717) is 19.5 Å². The lowest BCUT2D eigenvalue weighted by Gasteiger charge is -2.04. The highest BCUT2D eigenvalue weighted by atomic mass is 16.1. The number of aromatic nitrogens is 3. The molecule has 1 saturated carbocycles. The maximum Gasteiger partial charge on any atom is 0.233 e. The van der Waals surface area contributed by atoms with Gasteiger partial charge in [0.05, 0.1) is 6.54 Å². The standard InChI is InChI=1S/C10H17N5O/c16-10(6-11-5-8-1-2-8)12-4-3-9-13-7-14-15-9/h7-8,11H,1-6H2,(H,12,16)(H,13,14,15). The number of amides is 1. The summed E-state index contributed by atoms with van der Waals surface area (Å²) >= 11 is 0. The number of carbonyl (C=O) groups is 1. The summed E-state index contributed by atoms with van der Waals surface area (Å²) in [5, 5.41) is 12.5. The molecular weight excluding hydrogens is 206 g/mol. The van der Waals surface area contributed by atoms with Crippen molar-refractivity contribution in [2.45, 2.75) is 19.3 Å². The quantitative estimate of drug-likeness (QED) is 0.580. The Balaban J connectivity index is 1.49. The molecule has 0 unspecified atom stereocenters. The average Bonchev–Trinajstić information content (AvgIpc) is 2.94. The second kappa shape index (κ2) is 5.60. The molecule has 0 aliphatic heterocycles. The molecule has 16 heavy (non-hydrogen) atoms. The van der Waals surface area contributed by atoms with E-state index in [9.17, 15) is 4.79 Å². The van der Waals surface area contributed by atoms with Gasteiger partial charge in [0, 0.05) is 13.0 Å². The Morgan fingerprint density at radius 3 is 3.12 bits per heavy atom. The summed E-state index contributed by atoms with van der Waals surface area (Å²) in [7, 11) is 0. The van der Waals surface area contributed by atoms with Crippen LogP contribution in [0.15, 0.2) is 6.33 Å². The van der Waals surface area contributed by atoms with Gasteiger partial charge in [-0.25, -0.2) is 4.98 Å². The molecule has 0 atom stereocenters. The first-order valence-electron chi connectivity index (χ1n) is 5.66. The highest BCUT2D eigenvalue weighted by molar-refractivity contribution is 5.77. The van der Waals surface area contributed by atoms with Crippen LogP contribution in [0.5, 0.6) is 0 Å². The number of hydrogen-bond acceptors (Lipinski definition) is 4. The van der Waals surface area contributed by atoms with Crippen LogP contribution in [-0.2, 0) is 11.2 Å². The number of carbonyl (C=O) groups excluding carboxylic acids is 1. The van der Waals surface area contributed by atoms with Crippen LogP contribution in [0.4, 0.5) is 0 Å². The molecule has 1 fully saturated rings. The molecule has 1 aromatic heterocycles. The van der Waals surface area contributed by atoms with E-state index in [-0.39, 0.29) is 5.91 Å². The Morgan fingerprint density at radius 1 is 1.56 bits per heavy atom. The maximum atomic E-state index is 11.4. The zero-order chi connectivity index (χ0) is 11.2. The molecular formula is C10H17N5O. The molecule has 6 heteroatoms. The molecule has 1 amide bonds. The van der Waals surface area contributed by atoms with Crippen molar-refractivity contribution in [1.29, 1.82) is 0 Å². The minimum Gasteiger partial charge on any atom is -0.355 e. The zero-order valence-electron chi connectivity index (χ0n) is 9.20. The number of aromatic amines is 1. The summed E-state index contributed by atoms with van der Waals surface area (Å²) in [4.78, 5) is 15.3. The molecule has 88 valence electrons. The van der Waals surface area contributed by atoms with E-state index >= 15 is 0 Å². The third kappa shape index (κ3) is 3.98. The Hall–Kier alpha value is -1.43. The van der Waals surface area contributed by atoms with Gasteiger partial charge in [0.15, 0.2) is 0 Å². The van der Waals surface area contributed by atoms with Crippen LogP contribution in [0, 0.1) is 5.92 Å². The summed E-state index contributed by atoms with van der Waals surface area (Å²) in [6.07, 6.45) is 4.77. The summed E-state index contributed by atoms with van der Waals surface area (Å²) in [5.41, 5.74) is 0. The van der Waals surface area contributed by atoms with Gasteiger partial charge in [-0.2, -0.15) is 5.10 Å². The van der Waals surface area contributed by atoms with Gasteiger partial charge in [0.1, 0.15) is 12.2 Å². The van der Waals surface area contributed by atoms with Crippen molar-refractivity contribution in [2.24, 2.45) is 5.92 Å². The molecule has 0 bridgehead atoms. The van der Waals surface area contributed by atoms with Crippen LogP contribution in [0.1, 0.15) is 18.7 Å². The molecule has 1 aromatic rings. The number of rotatable bonds is 7. The third-order valence-corrected chi connectivity index (χ3v) is 2.56. The molecule has 1 heterocycles. The Kier molecular flexibility index (Phi) is 3.87. The highest BCUT2D eigenvalue weighted by Gasteiger charge is 2.20. The highest BCUT2D eigenvalue weighted by Crippen LogP contribution is 2.27. The number of nitrogens with one attached hydrogen (secondary N) is 3. The fourth-order valence-electron chi connectivity index (χ4n) is 1.45. The van der Waals surface area contributed by atoms with Gasteiger partial charge in [-0.05, 0) is 25.3 Å². The largest absolute Gasteiger partial charge is 0.355 e. The molecule has 3 N–H and O–H groups in total. The van der Waals surface area contributed by atoms with Gasteiger partial charge in [-0.15, -0.1) is 0 Å². The normalized spacial score (nSPS) is 15.0. The van der Waals surface area contributed by atoms with E-state index in [1.807, 2.05) is 0 Å². The van der Waals surface area contributed by atoms with Crippen LogP contribution in [0.25, 0.3) is 0 Å². The first kappa shape index (κ1) is 11.1. The SMILES string of the molecule is O=C(CNCC1CC1)NCCc1ncn[nH]1. The first-order chi connectivity index (χ1) is 7.84. The maximum absolute atomic E-state index is 11.4. The lowest BCUT2D eigenvalue weighted by atomic mass is 10.4. The second-order valence-corrected chi connectivity index (χ2v) is 4.11. The molecule has 0 spiro atoms. The fourth-order valence-corrected chi connectivity index (χ4v) is 1.45. The first-order valence-corrected chi connectivity index (χ1v) is 5.66.